The monoisotopic (exact) mass is 219 g/mol. The molecule has 0 aliphatic rings. The van der Waals surface area contributed by atoms with Crippen molar-refractivity contribution in [3.8, 4) is 16.5 Å². The van der Waals surface area contributed by atoms with Gasteiger partial charge in [0.25, 0.3) is 0 Å². The summed E-state index contributed by atoms with van der Waals surface area (Å²) in [6.45, 7) is 0. The van der Waals surface area contributed by atoms with Gasteiger partial charge >= 0.3 is 0 Å². The molecule has 1 aromatic carbocycles. The molecule has 2 aromatic rings. The van der Waals surface area contributed by atoms with Crippen LogP contribution in [-0.2, 0) is 0 Å². The van der Waals surface area contributed by atoms with E-state index in [1.807, 2.05) is 35.7 Å². The zero-order valence-electron chi connectivity index (χ0n) is 7.20. The lowest BCUT2D eigenvalue weighted by molar-refractivity contribution is 1.50. The van der Waals surface area contributed by atoms with E-state index in [0.717, 1.165) is 16.0 Å². The molecule has 0 amide bonds. The van der Waals surface area contributed by atoms with E-state index in [9.17, 15) is 0 Å². The van der Waals surface area contributed by atoms with Crippen LogP contribution in [0.5, 0.6) is 0 Å². The number of thiophene rings is 1. The predicted octanol–water partition coefficient (Wildman–Crippen LogP) is 3.94. The molecule has 3 heteroatoms. The lowest BCUT2D eigenvalue weighted by Crippen LogP contribution is -1.75. The molecule has 2 rings (SSSR count). The van der Waals surface area contributed by atoms with Crippen molar-refractivity contribution in [2.45, 2.75) is 0 Å². The lowest BCUT2D eigenvalue weighted by Gasteiger charge is -1.97. The van der Waals surface area contributed by atoms with Gasteiger partial charge in [0.15, 0.2) is 0 Å². The fraction of sp³-hybridized carbons (Fsp3) is 0. The fourth-order valence-corrected chi connectivity index (χ4v) is 2.20. The van der Waals surface area contributed by atoms with Crippen LogP contribution in [0.3, 0.4) is 0 Å². The third-order valence-corrected chi connectivity index (χ3v) is 3.11. The number of hydrogen-bond acceptors (Lipinski definition) is 2. The van der Waals surface area contributed by atoms with Crippen molar-refractivity contribution in [1.82, 2.24) is 0 Å². The van der Waals surface area contributed by atoms with Gasteiger partial charge in [-0.05, 0) is 29.1 Å². The van der Waals surface area contributed by atoms with Crippen molar-refractivity contribution in [2.24, 2.45) is 0 Å². The Morgan fingerprint density at radius 1 is 1.14 bits per heavy atom. The molecule has 0 aliphatic carbocycles. The summed E-state index contributed by atoms with van der Waals surface area (Å²) < 4.78 is 0. The first-order chi connectivity index (χ1) is 6.81. The molecule has 1 aromatic heterocycles. The van der Waals surface area contributed by atoms with Gasteiger partial charge in [-0.3, -0.25) is 0 Å². The topological polar surface area (TPSA) is 23.8 Å². The summed E-state index contributed by atoms with van der Waals surface area (Å²) in [6.07, 6.45) is 0. The quantitative estimate of drug-likeness (QED) is 0.713. The number of halogens is 1. The zero-order valence-corrected chi connectivity index (χ0v) is 8.77. The number of rotatable bonds is 1. The largest absolute Gasteiger partial charge is 0.192 e. The summed E-state index contributed by atoms with van der Waals surface area (Å²) in [5, 5.41) is 11.5. The second kappa shape index (κ2) is 3.83. The highest BCUT2D eigenvalue weighted by atomic mass is 35.5. The summed E-state index contributed by atoms with van der Waals surface area (Å²) in [7, 11) is 0. The predicted molar refractivity (Wildman–Crippen MR) is 59.5 cm³/mol. The van der Waals surface area contributed by atoms with E-state index in [2.05, 4.69) is 6.07 Å². The number of hydrogen-bond donors (Lipinski definition) is 0. The van der Waals surface area contributed by atoms with Crippen LogP contribution in [0.4, 0.5) is 0 Å². The maximum absolute atomic E-state index is 8.85. The molecule has 0 spiro atoms. The Bertz CT molecular complexity index is 479. The lowest BCUT2D eigenvalue weighted by atomic mass is 10.1. The molecule has 0 saturated heterocycles. The van der Waals surface area contributed by atoms with Crippen LogP contribution in [0.2, 0.25) is 5.02 Å². The molecule has 1 nitrogen and oxygen atoms in total. The molecule has 0 bridgehead atoms. The highest BCUT2D eigenvalue weighted by Gasteiger charge is 2.05. The molecule has 0 fully saturated rings. The minimum Gasteiger partial charge on any atom is -0.192 e. The molecular formula is C11H6ClNS. The molecule has 1 heterocycles. The Morgan fingerprint density at radius 2 is 1.86 bits per heavy atom. The normalized spacial score (nSPS) is 9.71. The zero-order chi connectivity index (χ0) is 9.97. The first-order valence-corrected chi connectivity index (χ1v) is 5.30. The fourth-order valence-electron chi connectivity index (χ4n) is 1.22. The van der Waals surface area contributed by atoms with Crippen molar-refractivity contribution in [2.75, 3.05) is 0 Å². The van der Waals surface area contributed by atoms with Crippen molar-refractivity contribution in [1.29, 1.82) is 5.26 Å². The molecule has 68 valence electrons. The van der Waals surface area contributed by atoms with Gasteiger partial charge in [-0.2, -0.15) is 5.26 Å². The summed E-state index contributed by atoms with van der Waals surface area (Å²) in [4.78, 5) is 1.00. The summed E-state index contributed by atoms with van der Waals surface area (Å²) in [5.41, 5.74) is 1.76. The first-order valence-electron chi connectivity index (χ1n) is 4.05. The van der Waals surface area contributed by atoms with Gasteiger partial charge in [0.05, 0.1) is 10.4 Å². The van der Waals surface area contributed by atoms with E-state index in [1.54, 1.807) is 11.3 Å². The summed E-state index contributed by atoms with van der Waals surface area (Å²) >= 11 is 7.35. The number of benzene rings is 1. The smallest absolute Gasteiger partial charge is 0.101 e. The third-order valence-electron chi connectivity index (χ3n) is 1.89. The van der Waals surface area contributed by atoms with E-state index in [1.165, 1.54) is 0 Å². The van der Waals surface area contributed by atoms with E-state index in [0.29, 0.717) is 5.02 Å². The highest BCUT2D eigenvalue weighted by Crippen LogP contribution is 2.29. The Hall–Kier alpha value is -1.30. The van der Waals surface area contributed by atoms with Crippen LogP contribution >= 0.6 is 22.9 Å². The van der Waals surface area contributed by atoms with Gasteiger partial charge in [0.2, 0.25) is 0 Å². The number of nitriles is 1. The molecular weight excluding hydrogens is 214 g/mol. The number of nitrogens with zero attached hydrogens (tertiary/aromatic N) is 1. The Labute approximate surface area is 91.2 Å². The average molecular weight is 220 g/mol. The van der Waals surface area contributed by atoms with Crippen molar-refractivity contribution < 1.29 is 0 Å². The highest BCUT2D eigenvalue weighted by molar-refractivity contribution is 7.13. The average Bonchev–Trinajstić information content (AvgIpc) is 2.67. The van der Waals surface area contributed by atoms with Crippen LogP contribution in [0.25, 0.3) is 10.4 Å². The first kappa shape index (κ1) is 9.26. The molecule has 0 unspecified atom stereocenters. The van der Waals surface area contributed by atoms with Gasteiger partial charge in [0, 0.05) is 5.02 Å². The standard InChI is InChI=1S/C11H6ClNS/c12-10-3-1-8(2-4-10)11-9(7-13)5-6-14-11/h1-6H. The molecule has 0 aliphatic heterocycles. The van der Waals surface area contributed by atoms with Crippen molar-refractivity contribution in [3.63, 3.8) is 0 Å². The van der Waals surface area contributed by atoms with E-state index in [-0.39, 0.29) is 0 Å². The van der Waals surface area contributed by atoms with Crippen LogP contribution in [0, 0.1) is 11.3 Å². The minimum absolute atomic E-state index is 0.712. The molecule has 0 N–H and O–H groups in total. The van der Waals surface area contributed by atoms with Crippen LogP contribution < -0.4 is 0 Å². The molecule has 14 heavy (non-hydrogen) atoms. The maximum atomic E-state index is 8.85. The van der Waals surface area contributed by atoms with E-state index >= 15 is 0 Å². The third kappa shape index (κ3) is 1.65. The van der Waals surface area contributed by atoms with Crippen LogP contribution in [0.15, 0.2) is 35.7 Å². The van der Waals surface area contributed by atoms with Gasteiger partial charge < -0.3 is 0 Å². The van der Waals surface area contributed by atoms with Gasteiger partial charge in [0.1, 0.15) is 6.07 Å². The molecule has 0 atom stereocenters. The van der Waals surface area contributed by atoms with Gasteiger partial charge in [-0.25, -0.2) is 0 Å². The molecule has 0 saturated carbocycles. The second-order valence-corrected chi connectivity index (χ2v) is 4.13. The molecule has 0 radical (unpaired) electrons. The van der Waals surface area contributed by atoms with E-state index in [4.69, 9.17) is 16.9 Å². The van der Waals surface area contributed by atoms with Crippen LogP contribution in [-0.4, -0.2) is 0 Å². The maximum Gasteiger partial charge on any atom is 0.101 e. The Morgan fingerprint density at radius 3 is 2.50 bits per heavy atom. The summed E-state index contributed by atoms with van der Waals surface area (Å²) in [6, 6.07) is 11.5. The van der Waals surface area contributed by atoms with Crippen molar-refractivity contribution >= 4 is 22.9 Å². The van der Waals surface area contributed by atoms with Crippen LogP contribution in [0.1, 0.15) is 5.56 Å². The summed E-state index contributed by atoms with van der Waals surface area (Å²) in [5.74, 6) is 0. The Kier molecular flexibility index (Phi) is 2.53. The second-order valence-electron chi connectivity index (χ2n) is 2.78. The van der Waals surface area contributed by atoms with Crippen molar-refractivity contribution in [3.05, 3.63) is 46.3 Å². The minimum atomic E-state index is 0.712. The van der Waals surface area contributed by atoms with Gasteiger partial charge in [-0.1, -0.05) is 23.7 Å². The van der Waals surface area contributed by atoms with E-state index < -0.39 is 0 Å². The Balaban J connectivity index is 2.50. The van der Waals surface area contributed by atoms with Gasteiger partial charge in [-0.15, -0.1) is 11.3 Å². The SMILES string of the molecule is N#Cc1ccsc1-c1ccc(Cl)cc1.